The molecular formula is C14H18N4S. The molecule has 1 aromatic heterocycles. The van der Waals surface area contributed by atoms with Gasteiger partial charge in [0.2, 0.25) is 5.95 Å². The van der Waals surface area contributed by atoms with Crippen LogP contribution in [0.2, 0.25) is 0 Å². The molecule has 0 aliphatic carbocycles. The number of aromatic nitrogens is 2. The summed E-state index contributed by atoms with van der Waals surface area (Å²) in [7, 11) is 0. The van der Waals surface area contributed by atoms with Gasteiger partial charge in [0.25, 0.3) is 0 Å². The molecule has 2 saturated heterocycles. The van der Waals surface area contributed by atoms with Gasteiger partial charge in [-0.1, -0.05) is 12.1 Å². The lowest BCUT2D eigenvalue weighted by Crippen LogP contribution is -2.45. The summed E-state index contributed by atoms with van der Waals surface area (Å²) < 4.78 is 2.47. The first-order valence-electron chi connectivity index (χ1n) is 6.94. The third kappa shape index (κ3) is 1.92. The number of hydrogen-bond acceptors (Lipinski definition) is 4. The lowest BCUT2D eigenvalue weighted by Gasteiger charge is -2.34. The van der Waals surface area contributed by atoms with Crippen LogP contribution >= 0.6 is 11.8 Å². The Kier molecular flexibility index (Phi) is 2.89. The van der Waals surface area contributed by atoms with Crippen molar-refractivity contribution in [1.82, 2.24) is 14.9 Å². The first-order valence-corrected chi connectivity index (χ1v) is 8.09. The highest BCUT2D eigenvalue weighted by molar-refractivity contribution is 8.00. The molecule has 4 rings (SSSR count). The van der Waals surface area contributed by atoms with Crippen LogP contribution in [0.4, 0.5) is 5.95 Å². The molecule has 0 amide bonds. The second kappa shape index (κ2) is 4.72. The van der Waals surface area contributed by atoms with Gasteiger partial charge in [0.1, 0.15) is 0 Å². The molecule has 2 fully saturated rings. The molecule has 0 unspecified atom stereocenters. The van der Waals surface area contributed by atoms with E-state index in [0.717, 1.165) is 31.7 Å². The Bertz CT molecular complexity index is 584. The van der Waals surface area contributed by atoms with Crippen LogP contribution in [0.1, 0.15) is 6.04 Å². The third-order valence-electron chi connectivity index (χ3n) is 3.96. The zero-order valence-corrected chi connectivity index (χ0v) is 11.7. The fourth-order valence-corrected chi connectivity index (χ4v) is 3.60. The van der Waals surface area contributed by atoms with Gasteiger partial charge in [-0.25, -0.2) is 4.98 Å². The Morgan fingerprint density at radius 2 is 1.95 bits per heavy atom. The van der Waals surface area contributed by atoms with Crippen molar-refractivity contribution in [3.8, 4) is 0 Å². The lowest BCUT2D eigenvalue weighted by molar-refractivity contribution is 0.546. The lowest BCUT2D eigenvalue weighted by atomic mass is 10.3. The molecule has 100 valence electrons. The van der Waals surface area contributed by atoms with E-state index in [2.05, 4.69) is 39.0 Å². The summed E-state index contributed by atoms with van der Waals surface area (Å²) in [6, 6.07) is 9.16. The van der Waals surface area contributed by atoms with E-state index in [-0.39, 0.29) is 0 Å². The number of hydrogen-bond donors (Lipinski definition) is 1. The van der Waals surface area contributed by atoms with Crippen LogP contribution in [-0.2, 0) is 0 Å². The maximum Gasteiger partial charge on any atom is 0.206 e. The second-order valence-corrected chi connectivity index (χ2v) is 6.27. The van der Waals surface area contributed by atoms with E-state index in [1.165, 1.54) is 23.0 Å². The number of nitrogens with one attached hydrogen (secondary N) is 1. The SMILES string of the molecule is c1ccc2c(c1)nc(N1CCNCC1)n2C1CSC1. The number of fused-ring (bicyclic) bond motifs is 1. The van der Waals surface area contributed by atoms with Gasteiger partial charge in [-0.15, -0.1) is 0 Å². The molecule has 3 heterocycles. The van der Waals surface area contributed by atoms with Crippen LogP contribution in [0.15, 0.2) is 24.3 Å². The summed E-state index contributed by atoms with van der Waals surface area (Å²) in [5, 5.41) is 3.41. The van der Waals surface area contributed by atoms with Gasteiger partial charge < -0.3 is 14.8 Å². The van der Waals surface area contributed by atoms with E-state index >= 15 is 0 Å². The van der Waals surface area contributed by atoms with E-state index in [0.29, 0.717) is 6.04 Å². The molecule has 2 aliphatic rings. The van der Waals surface area contributed by atoms with E-state index in [9.17, 15) is 0 Å². The first-order chi connectivity index (χ1) is 9.43. The molecular weight excluding hydrogens is 256 g/mol. The average molecular weight is 274 g/mol. The van der Waals surface area contributed by atoms with Crippen molar-refractivity contribution in [2.45, 2.75) is 6.04 Å². The van der Waals surface area contributed by atoms with Crippen LogP contribution < -0.4 is 10.2 Å². The summed E-state index contributed by atoms with van der Waals surface area (Å²) in [5.74, 6) is 3.62. The summed E-state index contributed by atoms with van der Waals surface area (Å²) in [5.41, 5.74) is 2.43. The number of thioether (sulfide) groups is 1. The highest BCUT2D eigenvalue weighted by atomic mass is 32.2. The number of rotatable bonds is 2. The Balaban J connectivity index is 1.83. The van der Waals surface area contributed by atoms with Crippen molar-refractivity contribution < 1.29 is 0 Å². The van der Waals surface area contributed by atoms with E-state index in [1.807, 2.05) is 11.8 Å². The Hall–Kier alpha value is -1.20. The summed E-state index contributed by atoms with van der Waals surface area (Å²) in [4.78, 5) is 7.32. The van der Waals surface area contributed by atoms with Crippen molar-refractivity contribution >= 4 is 28.7 Å². The summed E-state index contributed by atoms with van der Waals surface area (Å²) in [6.07, 6.45) is 0. The molecule has 2 aliphatic heterocycles. The number of piperazine rings is 1. The van der Waals surface area contributed by atoms with Gasteiger partial charge in [-0.05, 0) is 12.1 Å². The molecule has 4 nitrogen and oxygen atoms in total. The standard InChI is InChI=1S/C14H18N4S/c1-2-4-13-12(3-1)16-14(17-7-5-15-6-8-17)18(13)11-9-19-10-11/h1-4,11,15H,5-10H2. The molecule has 0 radical (unpaired) electrons. The second-order valence-electron chi connectivity index (χ2n) is 5.20. The van der Waals surface area contributed by atoms with Crippen molar-refractivity contribution in [1.29, 1.82) is 0 Å². The largest absolute Gasteiger partial charge is 0.340 e. The molecule has 0 atom stereocenters. The van der Waals surface area contributed by atoms with E-state index in [1.54, 1.807) is 0 Å². The van der Waals surface area contributed by atoms with Crippen LogP contribution in [0.5, 0.6) is 0 Å². The van der Waals surface area contributed by atoms with Gasteiger partial charge in [0.05, 0.1) is 17.1 Å². The van der Waals surface area contributed by atoms with Gasteiger partial charge in [0, 0.05) is 37.7 Å². The van der Waals surface area contributed by atoms with E-state index in [4.69, 9.17) is 4.98 Å². The Morgan fingerprint density at radius 1 is 1.16 bits per heavy atom. The van der Waals surface area contributed by atoms with Crippen molar-refractivity contribution in [3.63, 3.8) is 0 Å². The molecule has 19 heavy (non-hydrogen) atoms. The van der Waals surface area contributed by atoms with Crippen LogP contribution in [-0.4, -0.2) is 47.2 Å². The molecule has 0 spiro atoms. The summed E-state index contributed by atoms with van der Waals surface area (Å²) >= 11 is 2.03. The monoisotopic (exact) mass is 274 g/mol. The Labute approximate surface area is 117 Å². The highest BCUT2D eigenvalue weighted by Crippen LogP contribution is 2.36. The summed E-state index contributed by atoms with van der Waals surface area (Å²) in [6.45, 7) is 4.23. The van der Waals surface area contributed by atoms with E-state index < -0.39 is 0 Å². The number of anilines is 1. The van der Waals surface area contributed by atoms with Gasteiger partial charge in [-0.2, -0.15) is 11.8 Å². The molecule has 0 bridgehead atoms. The number of benzene rings is 1. The van der Waals surface area contributed by atoms with Gasteiger partial charge >= 0.3 is 0 Å². The zero-order valence-electron chi connectivity index (χ0n) is 10.9. The fourth-order valence-electron chi connectivity index (χ4n) is 2.85. The minimum atomic E-state index is 0.627. The quantitative estimate of drug-likeness (QED) is 0.904. The maximum atomic E-state index is 4.89. The topological polar surface area (TPSA) is 33.1 Å². The fraction of sp³-hybridized carbons (Fsp3) is 0.500. The molecule has 0 saturated carbocycles. The molecule has 5 heteroatoms. The number of nitrogens with zero attached hydrogens (tertiary/aromatic N) is 3. The van der Waals surface area contributed by atoms with Crippen LogP contribution in [0.3, 0.4) is 0 Å². The van der Waals surface area contributed by atoms with Gasteiger partial charge in [-0.3, -0.25) is 0 Å². The van der Waals surface area contributed by atoms with Crippen LogP contribution in [0.25, 0.3) is 11.0 Å². The van der Waals surface area contributed by atoms with Crippen LogP contribution in [0, 0.1) is 0 Å². The smallest absolute Gasteiger partial charge is 0.206 e. The molecule has 1 aromatic carbocycles. The predicted molar refractivity (Wildman–Crippen MR) is 81.2 cm³/mol. The molecule has 1 N–H and O–H groups in total. The van der Waals surface area contributed by atoms with Crippen molar-refractivity contribution in [3.05, 3.63) is 24.3 Å². The highest BCUT2D eigenvalue weighted by Gasteiger charge is 2.27. The number of imidazole rings is 1. The third-order valence-corrected chi connectivity index (χ3v) is 5.20. The molecule has 2 aromatic rings. The normalized spacial score (nSPS) is 20.7. The minimum Gasteiger partial charge on any atom is -0.340 e. The predicted octanol–water partition coefficient (Wildman–Crippen LogP) is 1.73. The zero-order chi connectivity index (χ0) is 12.7. The van der Waals surface area contributed by atoms with Crippen molar-refractivity contribution in [2.75, 3.05) is 42.6 Å². The maximum absolute atomic E-state index is 4.89. The van der Waals surface area contributed by atoms with Gasteiger partial charge in [0.15, 0.2) is 0 Å². The average Bonchev–Trinajstić information content (AvgIpc) is 2.78. The Morgan fingerprint density at radius 3 is 2.68 bits per heavy atom. The van der Waals surface area contributed by atoms with Crippen molar-refractivity contribution in [2.24, 2.45) is 0 Å². The first kappa shape index (κ1) is 11.6. The minimum absolute atomic E-state index is 0.627. The number of para-hydroxylation sites is 2.